The van der Waals surface area contributed by atoms with Gasteiger partial charge in [0.2, 0.25) is 0 Å². The lowest BCUT2D eigenvalue weighted by atomic mass is 9.97. The highest BCUT2D eigenvalue weighted by Gasteiger charge is 2.13. The van der Waals surface area contributed by atoms with Crippen molar-refractivity contribution in [3.8, 4) is 0 Å². The number of aromatic nitrogens is 2. The molecule has 0 radical (unpaired) electrons. The maximum Gasteiger partial charge on any atom is 0.123 e. The molecule has 0 fully saturated rings. The largest absolute Gasteiger partial charge is 0.310 e. The van der Waals surface area contributed by atoms with Gasteiger partial charge in [-0.05, 0) is 54.8 Å². The van der Waals surface area contributed by atoms with Gasteiger partial charge >= 0.3 is 0 Å². The van der Waals surface area contributed by atoms with Crippen molar-refractivity contribution in [1.29, 1.82) is 0 Å². The summed E-state index contributed by atoms with van der Waals surface area (Å²) in [5, 5.41) is 11.1. The molecular formula is C15H18FN3. The fourth-order valence-corrected chi connectivity index (χ4v) is 2.14. The van der Waals surface area contributed by atoms with E-state index in [-0.39, 0.29) is 11.9 Å². The molecule has 1 unspecified atom stereocenters. The molecule has 1 aromatic carbocycles. The van der Waals surface area contributed by atoms with Crippen LogP contribution in [0.15, 0.2) is 36.7 Å². The van der Waals surface area contributed by atoms with E-state index in [1.165, 1.54) is 6.07 Å². The van der Waals surface area contributed by atoms with E-state index in [1.54, 1.807) is 18.5 Å². The highest BCUT2D eigenvalue weighted by molar-refractivity contribution is 5.29. The van der Waals surface area contributed by atoms with Crippen molar-refractivity contribution in [1.82, 2.24) is 15.5 Å². The molecule has 0 spiro atoms. The molecule has 0 bridgehead atoms. The lowest BCUT2D eigenvalue weighted by Crippen LogP contribution is -2.23. The average Bonchev–Trinajstić information content (AvgIpc) is 2.43. The van der Waals surface area contributed by atoms with Gasteiger partial charge in [0.25, 0.3) is 0 Å². The second-order valence-corrected chi connectivity index (χ2v) is 4.56. The maximum absolute atomic E-state index is 13.3. The number of rotatable bonds is 5. The van der Waals surface area contributed by atoms with Crippen LogP contribution in [0.4, 0.5) is 4.39 Å². The molecule has 0 amide bonds. The predicted octanol–water partition coefficient (Wildman–Crippen LogP) is 2.82. The summed E-state index contributed by atoms with van der Waals surface area (Å²) < 4.78 is 13.3. The van der Waals surface area contributed by atoms with Crippen molar-refractivity contribution in [2.24, 2.45) is 0 Å². The van der Waals surface area contributed by atoms with Gasteiger partial charge in [0.15, 0.2) is 0 Å². The summed E-state index contributed by atoms with van der Waals surface area (Å²) in [5.74, 6) is -0.191. The summed E-state index contributed by atoms with van der Waals surface area (Å²) in [6.45, 7) is 4.91. The Labute approximate surface area is 112 Å². The predicted molar refractivity (Wildman–Crippen MR) is 73.3 cm³/mol. The first-order valence-corrected chi connectivity index (χ1v) is 6.45. The third-order valence-electron chi connectivity index (χ3n) is 3.20. The van der Waals surface area contributed by atoms with Crippen molar-refractivity contribution in [2.45, 2.75) is 26.3 Å². The Balaban J connectivity index is 2.24. The molecule has 0 saturated carbocycles. The van der Waals surface area contributed by atoms with Crippen molar-refractivity contribution < 1.29 is 4.39 Å². The number of hydrogen-bond acceptors (Lipinski definition) is 3. The maximum atomic E-state index is 13.3. The number of halogens is 1. The van der Waals surface area contributed by atoms with Gasteiger partial charge in [-0.1, -0.05) is 13.0 Å². The van der Waals surface area contributed by atoms with Crippen LogP contribution in [0.2, 0.25) is 0 Å². The van der Waals surface area contributed by atoms with Gasteiger partial charge in [-0.15, -0.1) is 0 Å². The van der Waals surface area contributed by atoms with E-state index in [9.17, 15) is 4.39 Å². The zero-order chi connectivity index (χ0) is 13.7. The lowest BCUT2D eigenvalue weighted by molar-refractivity contribution is 0.542. The van der Waals surface area contributed by atoms with Crippen LogP contribution in [-0.4, -0.2) is 16.7 Å². The molecule has 4 heteroatoms. The summed E-state index contributed by atoms with van der Waals surface area (Å²) in [5.41, 5.74) is 3.19. The fraction of sp³-hybridized carbons (Fsp3) is 0.333. The molecule has 1 heterocycles. The summed E-state index contributed by atoms with van der Waals surface area (Å²) in [6, 6.07) is 6.98. The van der Waals surface area contributed by atoms with E-state index in [4.69, 9.17) is 0 Å². The van der Waals surface area contributed by atoms with E-state index in [0.29, 0.717) is 0 Å². The smallest absolute Gasteiger partial charge is 0.123 e. The first kappa shape index (κ1) is 13.6. The van der Waals surface area contributed by atoms with Crippen molar-refractivity contribution in [2.75, 3.05) is 6.54 Å². The summed E-state index contributed by atoms with van der Waals surface area (Å²) in [7, 11) is 0. The normalized spacial score (nSPS) is 12.4. The van der Waals surface area contributed by atoms with Crippen LogP contribution in [0.25, 0.3) is 0 Å². The second kappa shape index (κ2) is 6.38. The number of hydrogen-bond donors (Lipinski definition) is 1. The highest BCUT2D eigenvalue weighted by atomic mass is 19.1. The van der Waals surface area contributed by atoms with Gasteiger partial charge < -0.3 is 5.32 Å². The van der Waals surface area contributed by atoms with Crippen LogP contribution in [0.5, 0.6) is 0 Å². The molecule has 1 N–H and O–H groups in total. The van der Waals surface area contributed by atoms with Crippen molar-refractivity contribution in [3.05, 3.63) is 59.2 Å². The number of benzene rings is 1. The van der Waals surface area contributed by atoms with E-state index in [0.717, 1.165) is 29.7 Å². The number of likely N-dealkylation sites (N-methyl/N-ethyl adjacent to an activating group) is 1. The zero-order valence-electron chi connectivity index (χ0n) is 11.2. The highest BCUT2D eigenvalue weighted by Crippen LogP contribution is 2.20. The first-order valence-electron chi connectivity index (χ1n) is 6.45. The van der Waals surface area contributed by atoms with Gasteiger partial charge in [-0.3, -0.25) is 0 Å². The Morgan fingerprint density at radius 3 is 2.79 bits per heavy atom. The number of nitrogens with zero attached hydrogens (tertiary/aromatic N) is 2. The van der Waals surface area contributed by atoms with Crippen LogP contribution in [0, 0.1) is 12.7 Å². The minimum absolute atomic E-state index is 0.126. The van der Waals surface area contributed by atoms with Gasteiger partial charge in [0.1, 0.15) is 5.82 Å². The standard InChI is InChI=1S/C15H18FN3/c1-3-17-15(12-6-7-18-19-10-12)9-13-8-14(16)5-4-11(13)2/h4-8,10,15,17H,3,9H2,1-2H3. The number of aryl methyl sites for hydroxylation is 1. The van der Waals surface area contributed by atoms with E-state index < -0.39 is 0 Å². The molecule has 0 saturated heterocycles. The molecular weight excluding hydrogens is 241 g/mol. The van der Waals surface area contributed by atoms with Crippen LogP contribution >= 0.6 is 0 Å². The third kappa shape index (κ3) is 3.58. The lowest BCUT2D eigenvalue weighted by Gasteiger charge is -2.19. The molecule has 100 valence electrons. The molecule has 3 nitrogen and oxygen atoms in total. The zero-order valence-corrected chi connectivity index (χ0v) is 11.2. The van der Waals surface area contributed by atoms with Gasteiger partial charge in [0.05, 0.1) is 6.20 Å². The molecule has 1 aromatic heterocycles. The van der Waals surface area contributed by atoms with Crippen LogP contribution in [-0.2, 0) is 6.42 Å². The summed E-state index contributed by atoms with van der Waals surface area (Å²) in [6.07, 6.45) is 4.17. The number of nitrogens with one attached hydrogen (secondary N) is 1. The Morgan fingerprint density at radius 1 is 1.26 bits per heavy atom. The summed E-state index contributed by atoms with van der Waals surface area (Å²) >= 11 is 0. The Morgan fingerprint density at radius 2 is 2.11 bits per heavy atom. The molecule has 0 aliphatic heterocycles. The third-order valence-corrected chi connectivity index (χ3v) is 3.20. The van der Waals surface area contributed by atoms with Crippen LogP contribution < -0.4 is 5.32 Å². The molecule has 1 atom stereocenters. The quantitative estimate of drug-likeness (QED) is 0.897. The van der Waals surface area contributed by atoms with E-state index in [2.05, 4.69) is 22.4 Å². The van der Waals surface area contributed by atoms with E-state index in [1.807, 2.05) is 19.1 Å². The molecule has 2 rings (SSSR count). The minimum atomic E-state index is -0.191. The summed E-state index contributed by atoms with van der Waals surface area (Å²) in [4.78, 5) is 0. The Hall–Kier alpha value is -1.81. The molecule has 0 aliphatic carbocycles. The average molecular weight is 259 g/mol. The van der Waals surface area contributed by atoms with Crippen LogP contribution in [0.3, 0.4) is 0 Å². The molecule has 19 heavy (non-hydrogen) atoms. The van der Waals surface area contributed by atoms with Gasteiger partial charge in [0, 0.05) is 12.2 Å². The van der Waals surface area contributed by atoms with Gasteiger partial charge in [-0.2, -0.15) is 10.2 Å². The van der Waals surface area contributed by atoms with Gasteiger partial charge in [-0.25, -0.2) is 4.39 Å². The Bertz CT molecular complexity index is 528. The van der Waals surface area contributed by atoms with E-state index >= 15 is 0 Å². The molecule has 0 aliphatic rings. The topological polar surface area (TPSA) is 37.8 Å². The molecule has 2 aromatic rings. The fourth-order valence-electron chi connectivity index (χ4n) is 2.14. The van der Waals surface area contributed by atoms with Crippen molar-refractivity contribution >= 4 is 0 Å². The Kier molecular flexibility index (Phi) is 4.58. The van der Waals surface area contributed by atoms with Crippen molar-refractivity contribution in [3.63, 3.8) is 0 Å². The monoisotopic (exact) mass is 259 g/mol. The SMILES string of the molecule is CCNC(Cc1cc(F)ccc1C)c1ccnnc1. The van der Waals surface area contributed by atoms with Crippen LogP contribution in [0.1, 0.15) is 29.7 Å². The first-order chi connectivity index (χ1) is 9.20. The minimum Gasteiger partial charge on any atom is -0.310 e. The second-order valence-electron chi connectivity index (χ2n) is 4.56.